The molecule has 1 saturated heterocycles. The summed E-state index contributed by atoms with van der Waals surface area (Å²) >= 11 is 1.29. The minimum Gasteiger partial charge on any atom is -0.337 e. The van der Waals surface area contributed by atoms with Crippen LogP contribution in [0.5, 0.6) is 0 Å². The molecule has 7 nitrogen and oxygen atoms in total. The number of nitrogens with one attached hydrogen (secondary N) is 1. The van der Waals surface area contributed by atoms with E-state index in [1.807, 2.05) is 19.1 Å². The average Bonchev–Trinajstić information content (AvgIpc) is 3.07. The van der Waals surface area contributed by atoms with Crippen LogP contribution in [0.25, 0.3) is 0 Å². The second kappa shape index (κ2) is 6.82. The highest BCUT2D eigenvalue weighted by Gasteiger charge is 2.28. The largest absolute Gasteiger partial charge is 0.337 e. The molecule has 0 aliphatic carbocycles. The Kier molecular flexibility index (Phi) is 4.61. The molecule has 1 aliphatic heterocycles. The number of carbonyl (C=O) groups excluding carboxylic acids is 2. The van der Waals surface area contributed by atoms with Gasteiger partial charge in [0.15, 0.2) is 0 Å². The Morgan fingerprint density at radius 2 is 2.09 bits per heavy atom. The van der Waals surface area contributed by atoms with Gasteiger partial charge in [-0.05, 0) is 31.9 Å². The lowest BCUT2D eigenvalue weighted by molar-refractivity contribution is -0.121. The zero-order chi connectivity index (χ0) is 16.2. The summed E-state index contributed by atoms with van der Waals surface area (Å²) < 4.78 is 0. The van der Waals surface area contributed by atoms with Gasteiger partial charge < -0.3 is 10.2 Å². The highest BCUT2D eigenvalue weighted by Crippen LogP contribution is 2.21. The monoisotopic (exact) mass is 331 g/mol. The number of aromatic nitrogens is 3. The van der Waals surface area contributed by atoms with E-state index in [9.17, 15) is 9.59 Å². The van der Waals surface area contributed by atoms with Crippen LogP contribution in [-0.2, 0) is 4.79 Å². The number of likely N-dealkylation sites (tertiary alicyclic amines) is 1. The van der Waals surface area contributed by atoms with Crippen LogP contribution in [0.1, 0.15) is 29.0 Å². The second-order valence-electron chi connectivity index (χ2n) is 5.46. The third-order valence-corrected chi connectivity index (χ3v) is 4.46. The van der Waals surface area contributed by atoms with Crippen molar-refractivity contribution in [2.24, 2.45) is 5.92 Å². The second-order valence-corrected chi connectivity index (χ2v) is 6.30. The number of amides is 2. The summed E-state index contributed by atoms with van der Waals surface area (Å²) in [7, 11) is 0. The number of hydrogen-bond acceptors (Lipinski definition) is 6. The Balaban J connectivity index is 1.55. The van der Waals surface area contributed by atoms with Gasteiger partial charge in [-0.25, -0.2) is 4.98 Å². The van der Waals surface area contributed by atoms with Crippen molar-refractivity contribution in [3.05, 3.63) is 35.1 Å². The molecule has 1 N–H and O–H groups in total. The molecule has 2 aromatic rings. The topological polar surface area (TPSA) is 88.1 Å². The maximum absolute atomic E-state index is 12.4. The van der Waals surface area contributed by atoms with E-state index in [1.165, 1.54) is 11.3 Å². The van der Waals surface area contributed by atoms with Crippen LogP contribution in [0, 0.1) is 12.8 Å². The highest BCUT2D eigenvalue weighted by molar-refractivity contribution is 7.13. The van der Waals surface area contributed by atoms with Gasteiger partial charge in [-0.3, -0.25) is 9.59 Å². The van der Waals surface area contributed by atoms with E-state index in [0.717, 1.165) is 5.69 Å². The van der Waals surface area contributed by atoms with Gasteiger partial charge in [-0.15, -0.1) is 10.2 Å². The normalized spacial score (nSPS) is 15.4. The molecule has 1 aliphatic rings. The first-order valence-electron chi connectivity index (χ1n) is 7.43. The van der Waals surface area contributed by atoms with Crippen LogP contribution in [-0.4, -0.2) is 45.0 Å². The molecule has 0 radical (unpaired) electrons. The van der Waals surface area contributed by atoms with Gasteiger partial charge >= 0.3 is 0 Å². The molecule has 3 rings (SSSR count). The van der Waals surface area contributed by atoms with Crippen molar-refractivity contribution in [3.8, 4) is 0 Å². The molecular weight excluding hydrogens is 314 g/mol. The van der Waals surface area contributed by atoms with Gasteiger partial charge in [0.2, 0.25) is 11.0 Å². The maximum Gasteiger partial charge on any atom is 0.272 e. The first-order chi connectivity index (χ1) is 11.1. The van der Waals surface area contributed by atoms with Crippen molar-refractivity contribution in [1.29, 1.82) is 0 Å². The fraction of sp³-hybridized carbons (Fsp3) is 0.400. The summed E-state index contributed by atoms with van der Waals surface area (Å²) in [6.07, 6.45) is 1.28. The quantitative estimate of drug-likeness (QED) is 0.925. The van der Waals surface area contributed by atoms with Gasteiger partial charge in [-0.2, -0.15) is 0 Å². The molecule has 0 unspecified atom stereocenters. The van der Waals surface area contributed by atoms with E-state index in [4.69, 9.17) is 0 Å². The van der Waals surface area contributed by atoms with E-state index in [0.29, 0.717) is 36.8 Å². The minimum atomic E-state index is -0.103. The smallest absolute Gasteiger partial charge is 0.272 e. The van der Waals surface area contributed by atoms with E-state index in [1.54, 1.807) is 16.5 Å². The van der Waals surface area contributed by atoms with Crippen LogP contribution in [0.15, 0.2) is 23.7 Å². The lowest BCUT2D eigenvalue weighted by Gasteiger charge is -2.31. The first kappa shape index (κ1) is 15.5. The lowest BCUT2D eigenvalue weighted by atomic mass is 9.96. The molecule has 120 valence electrons. The average molecular weight is 331 g/mol. The molecule has 8 heteroatoms. The van der Waals surface area contributed by atoms with Crippen molar-refractivity contribution in [2.75, 3.05) is 18.4 Å². The van der Waals surface area contributed by atoms with Crippen molar-refractivity contribution >= 4 is 28.3 Å². The van der Waals surface area contributed by atoms with Crippen LogP contribution in [0.2, 0.25) is 0 Å². The summed E-state index contributed by atoms with van der Waals surface area (Å²) in [5, 5.41) is 10.8. The SMILES string of the molecule is Cc1cccc(C(=O)N2CCC(C(=O)Nc3nncs3)CC2)n1. The summed E-state index contributed by atoms with van der Waals surface area (Å²) in [5.74, 6) is -0.229. The van der Waals surface area contributed by atoms with Crippen LogP contribution in [0.3, 0.4) is 0 Å². The van der Waals surface area contributed by atoms with Crippen LogP contribution >= 0.6 is 11.3 Å². The van der Waals surface area contributed by atoms with E-state index >= 15 is 0 Å². The van der Waals surface area contributed by atoms with Gasteiger partial charge in [0, 0.05) is 24.7 Å². The fourth-order valence-corrected chi connectivity index (χ4v) is 3.05. The van der Waals surface area contributed by atoms with Crippen LogP contribution < -0.4 is 5.32 Å². The van der Waals surface area contributed by atoms with E-state index in [-0.39, 0.29) is 17.7 Å². The number of piperidine rings is 1. The number of nitrogens with zero attached hydrogens (tertiary/aromatic N) is 4. The molecular formula is C15H17N5O2S. The molecule has 0 aromatic carbocycles. The summed E-state index contributed by atoms with van der Waals surface area (Å²) in [6, 6.07) is 5.42. The van der Waals surface area contributed by atoms with Crippen LogP contribution in [0.4, 0.5) is 5.13 Å². The maximum atomic E-state index is 12.4. The number of rotatable bonds is 3. The fourth-order valence-electron chi connectivity index (χ4n) is 2.60. The third-order valence-electron chi connectivity index (χ3n) is 3.85. The summed E-state index contributed by atoms with van der Waals surface area (Å²) in [6.45, 7) is 2.98. The van der Waals surface area contributed by atoms with Crippen molar-refractivity contribution in [1.82, 2.24) is 20.1 Å². The number of pyridine rings is 1. The molecule has 0 saturated carbocycles. The Morgan fingerprint density at radius 3 is 2.74 bits per heavy atom. The van der Waals surface area contributed by atoms with Gasteiger partial charge in [0.1, 0.15) is 11.2 Å². The minimum absolute atomic E-state index is 0.0532. The summed E-state index contributed by atoms with van der Waals surface area (Å²) in [4.78, 5) is 30.6. The summed E-state index contributed by atoms with van der Waals surface area (Å²) in [5.41, 5.74) is 2.86. The molecule has 3 heterocycles. The van der Waals surface area contributed by atoms with Gasteiger partial charge in [0.25, 0.3) is 5.91 Å². The molecule has 0 atom stereocenters. The number of anilines is 1. The number of aryl methyl sites for hydroxylation is 1. The Morgan fingerprint density at radius 1 is 1.30 bits per heavy atom. The predicted molar refractivity (Wildman–Crippen MR) is 86.1 cm³/mol. The Hall–Kier alpha value is -2.35. The van der Waals surface area contributed by atoms with E-state index in [2.05, 4.69) is 20.5 Å². The Bertz CT molecular complexity index is 696. The standard InChI is InChI=1S/C15H17N5O2S/c1-10-3-2-4-12(17-10)14(22)20-7-5-11(6-8-20)13(21)18-15-19-16-9-23-15/h2-4,9,11H,5-8H2,1H3,(H,18,19,21). The van der Waals surface area contributed by atoms with Crippen molar-refractivity contribution in [2.45, 2.75) is 19.8 Å². The highest BCUT2D eigenvalue weighted by atomic mass is 32.1. The van der Waals surface area contributed by atoms with Gasteiger partial charge in [0.05, 0.1) is 0 Å². The number of carbonyl (C=O) groups is 2. The molecule has 23 heavy (non-hydrogen) atoms. The van der Waals surface area contributed by atoms with Crippen molar-refractivity contribution in [3.63, 3.8) is 0 Å². The van der Waals surface area contributed by atoms with Crippen molar-refractivity contribution < 1.29 is 9.59 Å². The first-order valence-corrected chi connectivity index (χ1v) is 8.31. The zero-order valence-corrected chi connectivity index (χ0v) is 13.5. The molecule has 0 bridgehead atoms. The molecule has 0 spiro atoms. The predicted octanol–water partition coefficient (Wildman–Crippen LogP) is 1.73. The molecule has 2 aromatic heterocycles. The van der Waals surface area contributed by atoms with E-state index < -0.39 is 0 Å². The molecule has 1 fully saturated rings. The Labute approximate surface area is 137 Å². The third kappa shape index (κ3) is 3.70. The number of hydrogen-bond donors (Lipinski definition) is 1. The molecule has 2 amide bonds. The zero-order valence-electron chi connectivity index (χ0n) is 12.7. The lowest BCUT2D eigenvalue weighted by Crippen LogP contribution is -2.41. The van der Waals surface area contributed by atoms with Gasteiger partial charge in [-0.1, -0.05) is 17.4 Å².